The number of nitrogens with one attached hydrogen (secondary N) is 1. The van der Waals surface area contributed by atoms with Gasteiger partial charge in [-0.2, -0.15) is 0 Å². The van der Waals surface area contributed by atoms with E-state index in [-0.39, 0.29) is 5.91 Å². The van der Waals surface area contributed by atoms with Crippen molar-refractivity contribution in [2.75, 3.05) is 25.0 Å². The van der Waals surface area contributed by atoms with Crippen molar-refractivity contribution in [2.45, 2.75) is 32.8 Å². The second kappa shape index (κ2) is 6.68. The maximum atomic E-state index is 11.9. The van der Waals surface area contributed by atoms with Crippen LogP contribution >= 0.6 is 0 Å². The Morgan fingerprint density at radius 1 is 1.47 bits per heavy atom. The minimum atomic E-state index is 0.0479. The van der Waals surface area contributed by atoms with Crippen LogP contribution in [0, 0.1) is 13.8 Å². The summed E-state index contributed by atoms with van der Waals surface area (Å²) in [4.78, 5) is 11.9. The SMILES string of the molecule is Cc1cccc(NC(=O)C[NH2+]C[C@H]2CCCO2)c1C. The smallest absolute Gasteiger partial charge is 0.279 e. The highest BCUT2D eigenvalue weighted by Crippen LogP contribution is 2.17. The number of aryl methyl sites for hydroxylation is 1. The molecule has 2 rings (SSSR count). The van der Waals surface area contributed by atoms with E-state index in [2.05, 4.69) is 18.3 Å². The standard InChI is InChI=1S/C15H22N2O2/c1-11-5-3-7-14(12(11)2)17-15(18)10-16-9-13-6-4-8-19-13/h3,5,7,13,16H,4,6,8-10H2,1-2H3,(H,17,18)/p+1/t13-/m1/s1. The molecule has 1 aromatic carbocycles. The van der Waals surface area contributed by atoms with Crippen LogP contribution in [0.5, 0.6) is 0 Å². The summed E-state index contributed by atoms with van der Waals surface area (Å²) in [5.41, 5.74) is 3.24. The van der Waals surface area contributed by atoms with E-state index < -0.39 is 0 Å². The molecule has 1 fully saturated rings. The van der Waals surface area contributed by atoms with Gasteiger partial charge in [0.25, 0.3) is 5.91 Å². The first-order chi connectivity index (χ1) is 9.16. The van der Waals surface area contributed by atoms with Crippen LogP contribution < -0.4 is 10.6 Å². The summed E-state index contributed by atoms with van der Waals surface area (Å²) in [5.74, 6) is 0.0479. The highest BCUT2D eigenvalue weighted by molar-refractivity contribution is 5.92. The second-order valence-electron chi connectivity index (χ2n) is 5.16. The predicted molar refractivity (Wildman–Crippen MR) is 75.2 cm³/mol. The van der Waals surface area contributed by atoms with E-state index in [4.69, 9.17) is 4.74 Å². The van der Waals surface area contributed by atoms with E-state index in [1.165, 1.54) is 5.56 Å². The molecular formula is C15H23N2O2+. The Kier molecular flexibility index (Phi) is 4.93. The van der Waals surface area contributed by atoms with Gasteiger partial charge in [0.1, 0.15) is 12.6 Å². The van der Waals surface area contributed by atoms with Crippen LogP contribution in [-0.2, 0) is 9.53 Å². The zero-order valence-corrected chi connectivity index (χ0v) is 11.7. The van der Waals surface area contributed by atoms with Gasteiger partial charge in [0.05, 0.1) is 0 Å². The van der Waals surface area contributed by atoms with Crippen LogP contribution in [0.3, 0.4) is 0 Å². The molecule has 1 aromatic rings. The molecule has 1 aliphatic heterocycles. The Morgan fingerprint density at radius 3 is 3.05 bits per heavy atom. The number of nitrogens with two attached hydrogens (primary N) is 1. The fourth-order valence-corrected chi connectivity index (χ4v) is 2.32. The molecular weight excluding hydrogens is 240 g/mol. The summed E-state index contributed by atoms with van der Waals surface area (Å²) >= 11 is 0. The topological polar surface area (TPSA) is 54.9 Å². The van der Waals surface area contributed by atoms with Crippen LogP contribution in [0.4, 0.5) is 5.69 Å². The maximum Gasteiger partial charge on any atom is 0.279 e. The van der Waals surface area contributed by atoms with E-state index in [1.54, 1.807) is 0 Å². The molecule has 1 amide bonds. The number of hydrogen-bond acceptors (Lipinski definition) is 2. The molecule has 19 heavy (non-hydrogen) atoms. The molecule has 1 heterocycles. The monoisotopic (exact) mass is 263 g/mol. The summed E-state index contributed by atoms with van der Waals surface area (Å²) in [6.07, 6.45) is 2.59. The molecule has 0 saturated carbocycles. The Hall–Kier alpha value is -1.39. The van der Waals surface area contributed by atoms with Crippen molar-refractivity contribution in [2.24, 2.45) is 0 Å². The van der Waals surface area contributed by atoms with E-state index in [1.807, 2.05) is 24.4 Å². The molecule has 1 aliphatic rings. The second-order valence-corrected chi connectivity index (χ2v) is 5.16. The number of quaternary nitrogens is 1. The first kappa shape index (κ1) is 14.0. The van der Waals surface area contributed by atoms with E-state index in [0.717, 1.165) is 37.2 Å². The molecule has 0 radical (unpaired) electrons. The van der Waals surface area contributed by atoms with Crippen molar-refractivity contribution >= 4 is 11.6 Å². The highest BCUT2D eigenvalue weighted by Gasteiger charge is 2.17. The number of carbonyl (C=O) groups is 1. The number of benzene rings is 1. The van der Waals surface area contributed by atoms with Crippen LogP contribution in [0.25, 0.3) is 0 Å². The predicted octanol–water partition coefficient (Wildman–Crippen LogP) is 0.984. The summed E-state index contributed by atoms with van der Waals surface area (Å²) in [7, 11) is 0. The number of hydrogen-bond donors (Lipinski definition) is 2. The molecule has 0 aromatic heterocycles. The molecule has 1 atom stereocenters. The fourth-order valence-electron chi connectivity index (χ4n) is 2.32. The summed E-state index contributed by atoms with van der Waals surface area (Å²) in [6.45, 7) is 6.27. The Balaban J connectivity index is 1.76. The number of rotatable bonds is 5. The van der Waals surface area contributed by atoms with Crippen LogP contribution in [-0.4, -0.2) is 31.7 Å². The number of carbonyl (C=O) groups excluding carboxylic acids is 1. The molecule has 0 aliphatic carbocycles. The Morgan fingerprint density at radius 2 is 2.32 bits per heavy atom. The number of amides is 1. The molecule has 4 heteroatoms. The normalized spacial score (nSPS) is 18.5. The van der Waals surface area contributed by atoms with E-state index in [0.29, 0.717) is 12.6 Å². The maximum absolute atomic E-state index is 11.9. The first-order valence-corrected chi connectivity index (χ1v) is 6.96. The van der Waals surface area contributed by atoms with Gasteiger partial charge in [-0.15, -0.1) is 0 Å². The minimum absolute atomic E-state index is 0.0479. The number of anilines is 1. The molecule has 4 nitrogen and oxygen atoms in total. The lowest BCUT2D eigenvalue weighted by Gasteiger charge is -2.11. The van der Waals surface area contributed by atoms with Gasteiger partial charge < -0.3 is 15.4 Å². The highest BCUT2D eigenvalue weighted by atomic mass is 16.5. The third kappa shape index (κ3) is 4.04. The molecule has 104 valence electrons. The van der Waals surface area contributed by atoms with Crippen molar-refractivity contribution in [1.29, 1.82) is 0 Å². The molecule has 3 N–H and O–H groups in total. The lowest BCUT2D eigenvalue weighted by atomic mass is 10.1. The lowest BCUT2D eigenvalue weighted by Crippen LogP contribution is -2.88. The van der Waals surface area contributed by atoms with Gasteiger partial charge in [0, 0.05) is 12.3 Å². The fraction of sp³-hybridized carbons (Fsp3) is 0.533. The van der Waals surface area contributed by atoms with Gasteiger partial charge in [-0.25, -0.2) is 0 Å². The summed E-state index contributed by atoms with van der Waals surface area (Å²) in [6, 6.07) is 5.96. The average Bonchev–Trinajstić information content (AvgIpc) is 2.88. The van der Waals surface area contributed by atoms with Gasteiger partial charge in [0.15, 0.2) is 6.54 Å². The zero-order chi connectivity index (χ0) is 13.7. The molecule has 0 bridgehead atoms. The minimum Gasteiger partial charge on any atom is -0.372 e. The third-order valence-corrected chi connectivity index (χ3v) is 3.66. The summed E-state index contributed by atoms with van der Waals surface area (Å²) in [5, 5.41) is 4.99. The van der Waals surface area contributed by atoms with Gasteiger partial charge in [0.2, 0.25) is 0 Å². The first-order valence-electron chi connectivity index (χ1n) is 6.96. The molecule has 0 unspecified atom stereocenters. The van der Waals surface area contributed by atoms with Crippen LogP contribution in [0.15, 0.2) is 18.2 Å². The third-order valence-electron chi connectivity index (χ3n) is 3.66. The lowest BCUT2D eigenvalue weighted by molar-refractivity contribution is -0.649. The van der Waals surface area contributed by atoms with Gasteiger partial charge in [-0.1, -0.05) is 12.1 Å². The quantitative estimate of drug-likeness (QED) is 0.832. The van der Waals surface area contributed by atoms with Crippen molar-refractivity contribution in [3.8, 4) is 0 Å². The Labute approximate surface area is 114 Å². The average molecular weight is 263 g/mol. The van der Waals surface area contributed by atoms with Gasteiger partial charge in [-0.05, 0) is 43.9 Å². The van der Waals surface area contributed by atoms with Crippen LogP contribution in [0.2, 0.25) is 0 Å². The van der Waals surface area contributed by atoms with E-state index in [9.17, 15) is 4.79 Å². The van der Waals surface area contributed by atoms with Crippen molar-refractivity contribution in [1.82, 2.24) is 0 Å². The van der Waals surface area contributed by atoms with Crippen LogP contribution in [0.1, 0.15) is 24.0 Å². The zero-order valence-electron chi connectivity index (χ0n) is 11.7. The summed E-state index contributed by atoms with van der Waals surface area (Å²) < 4.78 is 5.52. The van der Waals surface area contributed by atoms with Crippen molar-refractivity contribution < 1.29 is 14.8 Å². The van der Waals surface area contributed by atoms with Crippen molar-refractivity contribution in [3.63, 3.8) is 0 Å². The molecule has 0 spiro atoms. The van der Waals surface area contributed by atoms with Crippen molar-refractivity contribution in [3.05, 3.63) is 29.3 Å². The van der Waals surface area contributed by atoms with Gasteiger partial charge in [-0.3, -0.25) is 4.79 Å². The Bertz CT molecular complexity index is 440. The largest absolute Gasteiger partial charge is 0.372 e. The molecule has 1 saturated heterocycles. The van der Waals surface area contributed by atoms with Gasteiger partial charge >= 0.3 is 0 Å². The number of ether oxygens (including phenoxy) is 1. The van der Waals surface area contributed by atoms with E-state index >= 15 is 0 Å².